The van der Waals surface area contributed by atoms with Crippen LogP contribution in [0.15, 0.2) is 14.7 Å². The minimum absolute atomic E-state index is 0.0329. The van der Waals surface area contributed by atoms with Crippen LogP contribution < -0.4 is 5.73 Å². The third-order valence-electron chi connectivity index (χ3n) is 3.39. The van der Waals surface area contributed by atoms with Crippen molar-refractivity contribution in [3.8, 4) is 0 Å². The smallest absolute Gasteiger partial charge is 0.245 e. The minimum atomic E-state index is -3.50. The van der Waals surface area contributed by atoms with Gasteiger partial charge in [0.1, 0.15) is 4.90 Å². The van der Waals surface area contributed by atoms with Gasteiger partial charge in [-0.25, -0.2) is 8.42 Å². The maximum Gasteiger partial charge on any atom is 0.245 e. The summed E-state index contributed by atoms with van der Waals surface area (Å²) in [5.74, 6) is 0.284. The average molecular weight is 397 g/mol. The summed E-state index contributed by atoms with van der Waals surface area (Å²) in [6.07, 6.45) is 1.63. The van der Waals surface area contributed by atoms with Crippen molar-refractivity contribution in [2.45, 2.75) is 58.0 Å². The second-order valence-corrected chi connectivity index (χ2v) is 9.81. The van der Waals surface area contributed by atoms with Gasteiger partial charge in [-0.15, -0.1) is 11.3 Å². The molecule has 7 heteroatoms. The molecule has 0 atom stereocenters. The Hall–Kier alpha value is 0.0500. The lowest BCUT2D eigenvalue weighted by molar-refractivity contribution is 0.277. The standard InChI is InChI=1S/C14H25BrN2O2S2/c1-5-11(6-2)17(9-10(3)4)21(18,19)13-7-12(8-16)20-14(13)15/h7,10-11H,5-6,8-9,16H2,1-4H3. The summed E-state index contributed by atoms with van der Waals surface area (Å²) in [4.78, 5) is 1.22. The number of rotatable bonds is 8. The van der Waals surface area contributed by atoms with Crippen LogP contribution in [-0.4, -0.2) is 25.3 Å². The number of hydrogen-bond acceptors (Lipinski definition) is 4. The van der Waals surface area contributed by atoms with E-state index in [1.165, 1.54) is 11.3 Å². The third kappa shape index (κ3) is 4.51. The zero-order valence-corrected chi connectivity index (χ0v) is 16.3. The van der Waals surface area contributed by atoms with Crippen molar-refractivity contribution in [2.75, 3.05) is 6.54 Å². The van der Waals surface area contributed by atoms with Crippen LogP contribution in [-0.2, 0) is 16.6 Å². The van der Waals surface area contributed by atoms with Gasteiger partial charge in [0.25, 0.3) is 0 Å². The van der Waals surface area contributed by atoms with E-state index in [0.717, 1.165) is 17.7 Å². The second-order valence-electron chi connectivity index (χ2n) is 5.49. The zero-order chi connectivity index (χ0) is 16.2. The van der Waals surface area contributed by atoms with Crippen LogP contribution in [0.1, 0.15) is 45.4 Å². The first kappa shape index (κ1) is 19.1. The van der Waals surface area contributed by atoms with Crippen molar-refractivity contribution in [3.63, 3.8) is 0 Å². The molecule has 0 aromatic carbocycles. The average Bonchev–Trinajstić information content (AvgIpc) is 2.80. The fourth-order valence-corrected chi connectivity index (χ4v) is 6.75. The molecule has 0 aliphatic rings. The Morgan fingerprint density at radius 3 is 2.29 bits per heavy atom. The largest absolute Gasteiger partial charge is 0.326 e. The molecule has 0 saturated heterocycles. The monoisotopic (exact) mass is 396 g/mol. The van der Waals surface area contributed by atoms with Crippen molar-refractivity contribution in [1.29, 1.82) is 0 Å². The Morgan fingerprint density at radius 2 is 1.90 bits per heavy atom. The molecule has 0 fully saturated rings. The molecule has 4 nitrogen and oxygen atoms in total. The fraction of sp³-hybridized carbons (Fsp3) is 0.714. The van der Waals surface area contributed by atoms with Gasteiger partial charge in [-0.05, 0) is 40.8 Å². The summed E-state index contributed by atoms with van der Waals surface area (Å²) in [5.41, 5.74) is 5.63. The van der Waals surface area contributed by atoms with Crippen LogP contribution in [0.2, 0.25) is 0 Å². The van der Waals surface area contributed by atoms with Gasteiger partial charge in [-0.1, -0.05) is 27.7 Å². The predicted octanol–water partition coefficient (Wildman–Crippen LogP) is 3.80. The molecule has 2 N–H and O–H groups in total. The van der Waals surface area contributed by atoms with Crippen molar-refractivity contribution in [1.82, 2.24) is 4.31 Å². The maximum absolute atomic E-state index is 13.0. The fourth-order valence-electron chi connectivity index (χ4n) is 2.30. The van der Waals surface area contributed by atoms with E-state index in [0.29, 0.717) is 21.8 Å². The number of sulfonamides is 1. The third-order valence-corrected chi connectivity index (χ3v) is 7.58. The van der Waals surface area contributed by atoms with Crippen LogP contribution in [0, 0.1) is 5.92 Å². The summed E-state index contributed by atoms with van der Waals surface area (Å²) >= 11 is 4.77. The van der Waals surface area contributed by atoms with Crippen LogP contribution in [0.25, 0.3) is 0 Å². The van der Waals surface area contributed by atoms with Gasteiger partial charge in [0.15, 0.2) is 0 Å². The van der Waals surface area contributed by atoms with Crippen LogP contribution in [0.3, 0.4) is 0 Å². The van der Waals surface area contributed by atoms with Gasteiger partial charge in [-0.2, -0.15) is 4.31 Å². The molecule has 21 heavy (non-hydrogen) atoms. The van der Waals surface area contributed by atoms with E-state index in [-0.39, 0.29) is 12.0 Å². The Kier molecular flexibility index (Phi) is 7.33. The van der Waals surface area contributed by atoms with E-state index >= 15 is 0 Å². The molecular weight excluding hydrogens is 372 g/mol. The normalized spacial score (nSPS) is 12.8. The number of nitrogens with two attached hydrogens (primary N) is 1. The van der Waals surface area contributed by atoms with E-state index in [1.807, 2.05) is 27.7 Å². The molecule has 0 unspecified atom stereocenters. The quantitative estimate of drug-likeness (QED) is 0.726. The summed E-state index contributed by atoms with van der Waals surface area (Å²) in [7, 11) is -3.50. The predicted molar refractivity (Wildman–Crippen MR) is 93.0 cm³/mol. The molecular formula is C14H25BrN2O2S2. The summed E-state index contributed by atoms with van der Waals surface area (Å²) in [5, 5.41) is 0. The van der Waals surface area contributed by atoms with Gasteiger partial charge in [0, 0.05) is 24.0 Å². The summed E-state index contributed by atoms with van der Waals surface area (Å²) in [6.45, 7) is 9.04. The summed E-state index contributed by atoms with van der Waals surface area (Å²) in [6, 6.07) is 1.73. The Morgan fingerprint density at radius 1 is 1.33 bits per heavy atom. The van der Waals surface area contributed by atoms with Gasteiger partial charge in [-0.3, -0.25) is 0 Å². The Labute approximate surface area is 140 Å². The number of thiophene rings is 1. The molecule has 0 spiro atoms. The molecule has 1 aromatic rings. The van der Waals surface area contributed by atoms with Crippen molar-refractivity contribution in [2.24, 2.45) is 11.7 Å². The van der Waals surface area contributed by atoms with E-state index in [9.17, 15) is 8.42 Å². The van der Waals surface area contributed by atoms with Crippen LogP contribution >= 0.6 is 27.3 Å². The molecule has 0 bridgehead atoms. The molecule has 1 rings (SSSR count). The highest BCUT2D eigenvalue weighted by molar-refractivity contribution is 9.11. The molecule has 1 aromatic heterocycles. The lowest BCUT2D eigenvalue weighted by Crippen LogP contribution is -2.41. The van der Waals surface area contributed by atoms with Gasteiger partial charge in [0.2, 0.25) is 10.0 Å². The summed E-state index contributed by atoms with van der Waals surface area (Å²) < 4.78 is 28.4. The number of halogens is 1. The van der Waals surface area contributed by atoms with E-state index < -0.39 is 10.0 Å². The van der Waals surface area contributed by atoms with Gasteiger partial charge >= 0.3 is 0 Å². The van der Waals surface area contributed by atoms with Gasteiger partial charge in [0.05, 0.1) is 3.79 Å². The van der Waals surface area contributed by atoms with Crippen molar-refractivity contribution in [3.05, 3.63) is 14.7 Å². The first-order chi connectivity index (χ1) is 9.77. The van der Waals surface area contributed by atoms with Crippen LogP contribution in [0.4, 0.5) is 0 Å². The number of hydrogen-bond donors (Lipinski definition) is 1. The second kappa shape index (κ2) is 8.06. The van der Waals surface area contributed by atoms with E-state index in [2.05, 4.69) is 15.9 Å². The van der Waals surface area contributed by atoms with E-state index in [1.54, 1.807) is 10.4 Å². The van der Waals surface area contributed by atoms with E-state index in [4.69, 9.17) is 5.73 Å². The number of nitrogens with zero attached hydrogens (tertiary/aromatic N) is 1. The first-order valence-corrected chi connectivity index (χ1v) is 10.3. The highest BCUT2D eigenvalue weighted by Gasteiger charge is 2.32. The lowest BCUT2D eigenvalue weighted by Gasteiger charge is -2.30. The highest BCUT2D eigenvalue weighted by atomic mass is 79.9. The lowest BCUT2D eigenvalue weighted by atomic mass is 10.1. The molecule has 0 aliphatic carbocycles. The molecule has 0 saturated carbocycles. The first-order valence-electron chi connectivity index (χ1n) is 7.27. The van der Waals surface area contributed by atoms with Crippen molar-refractivity contribution >= 4 is 37.3 Å². The Balaban J connectivity index is 3.28. The van der Waals surface area contributed by atoms with Crippen LogP contribution in [0.5, 0.6) is 0 Å². The highest BCUT2D eigenvalue weighted by Crippen LogP contribution is 2.34. The SMILES string of the molecule is CCC(CC)N(CC(C)C)S(=O)(=O)c1cc(CN)sc1Br. The molecule has 0 radical (unpaired) electrons. The minimum Gasteiger partial charge on any atom is -0.326 e. The molecule has 122 valence electrons. The zero-order valence-electron chi connectivity index (χ0n) is 13.1. The molecule has 1 heterocycles. The van der Waals surface area contributed by atoms with Gasteiger partial charge < -0.3 is 5.73 Å². The molecule has 0 aliphatic heterocycles. The molecule has 0 amide bonds. The maximum atomic E-state index is 13.0. The Bertz CT molecular complexity index is 551. The van der Waals surface area contributed by atoms with Crippen molar-refractivity contribution < 1.29 is 8.42 Å². The topological polar surface area (TPSA) is 63.4 Å².